The van der Waals surface area contributed by atoms with Gasteiger partial charge in [0.1, 0.15) is 0 Å². The van der Waals surface area contributed by atoms with Gasteiger partial charge in [-0.2, -0.15) is 11.8 Å². The predicted molar refractivity (Wildman–Crippen MR) is 66.2 cm³/mol. The maximum Gasteiger partial charge on any atom is 0.234 e. The quantitative estimate of drug-likeness (QED) is 0.619. The second-order valence-corrected chi connectivity index (χ2v) is 5.50. The molecule has 15 heavy (non-hydrogen) atoms. The van der Waals surface area contributed by atoms with Crippen molar-refractivity contribution < 1.29 is 4.79 Å². The lowest BCUT2D eigenvalue weighted by Gasteiger charge is -2.12. The van der Waals surface area contributed by atoms with Crippen molar-refractivity contribution in [2.75, 3.05) is 18.1 Å². The van der Waals surface area contributed by atoms with Gasteiger partial charge in [-0.1, -0.05) is 6.92 Å². The van der Waals surface area contributed by atoms with E-state index in [4.69, 9.17) is 0 Å². The van der Waals surface area contributed by atoms with Crippen molar-refractivity contribution in [2.24, 2.45) is 0 Å². The van der Waals surface area contributed by atoms with E-state index in [1.807, 2.05) is 11.8 Å². The minimum atomic E-state index is 0.146. The highest BCUT2D eigenvalue weighted by Crippen LogP contribution is 2.18. The molecule has 0 aromatic carbocycles. The van der Waals surface area contributed by atoms with E-state index in [2.05, 4.69) is 24.5 Å². The fourth-order valence-corrected chi connectivity index (χ4v) is 2.09. The minimum absolute atomic E-state index is 0.146. The molecule has 1 atom stereocenters. The Balaban J connectivity index is 1.94. The fourth-order valence-electron chi connectivity index (χ4n) is 1.28. The van der Waals surface area contributed by atoms with E-state index < -0.39 is 0 Å². The topological polar surface area (TPSA) is 41.1 Å². The van der Waals surface area contributed by atoms with Crippen LogP contribution >= 0.6 is 11.8 Å². The van der Waals surface area contributed by atoms with Crippen LogP contribution in [0.1, 0.15) is 33.1 Å². The minimum Gasteiger partial charge on any atom is -0.352 e. The van der Waals surface area contributed by atoms with Gasteiger partial charge in [0, 0.05) is 12.1 Å². The van der Waals surface area contributed by atoms with E-state index in [9.17, 15) is 4.79 Å². The largest absolute Gasteiger partial charge is 0.352 e. The van der Waals surface area contributed by atoms with Gasteiger partial charge in [-0.05, 0) is 37.7 Å². The highest BCUT2D eigenvalue weighted by atomic mass is 32.2. The summed E-state index contributed by atoms with van der Waals surface area (Å²) in [6, 6.07) is 0.916. The van der Waals surface area contributed by atoms with Gasteiger partial charge in [0.2, 0.25) is 5.91 Å². The summed E-state index contributed by atoms with van der Waals surface area (Å²) in [6.45, 7) is 4.78. The van der Waals surface area contributed by atoms with Gasteiger partial charge in [-0.15, -0.1) is 0 Å². The van der Waals surface area contributed by atoms with Crippen molar-refractivity contribution in [2.45, 2.75) is 45.2 Å². The number of carbonyl (C=O) groups is 1. The lowest BCUT2D eigenvalue weighted by Crippen LogP contribution is -2.39. The molecule has 4 heteroatoms. The standard InChI is InChI=1S/C11H22N2OS/c1-3-15-7-6-9(2)12-8-11(14)13-10-4-5-10/h9-10,12H,3-8H2,1-2H3,(H,13,14). The number of rotatable bonds is 8. The van der Waals surface area contributed by atoms with E-state index in [-0.39, 0.29) is 5.91 Å². The maximum absolute atomic E-state index is 11.3. The van der Waals surface area contributed by atoms with Gasteiger partial charge in [-0.25, -0.2) is 0 Å². The van der Waals surface area contributed by atoms with Gasteiger partial charge in [0.25, 0.3) is 0 Å². The van der Waals surface area contributed by atoms with Crippen molar-refractivity contribution in [3.63, 3.8) is 0 Å². The van der Waals surface area contributed by atoms with E-state index in [0.717, 1.165) is 19.3 Å². The van der Waals surface area contributed by atoms with Gasteiger partial charge >= 0.3 is 0 Å². The lowest BCUT2D eigenvalue weighted by atomic mass is 10.2. The average Bonchev–Trinajstić information content (AvgIpc) is 2.99. The predicted octanol–water partition coefficient (Wildman–Crippen LogP) is 1.39. The number of hydrogen-bond acceptors (Lipinski definition) is 3. The molecule has 0 aromatic heterocycles. The van der Waals surface area contributed by atoms with E-state index in [0.29, 0.717) is 18.6 Å². The number of amides is 1. The molecule has 1 amide bonds. The van der Waals surface area contributed by atoms with Crippen molar-refractivity contribution in [1.82, 2.24) is 10.6 Å². The second-order valence-electron chi connectivity index (χ2n) is 4.11. The Kier molecular flexibility index (Phi) is 6.10. The van der Waals surface area contributed by atoms with Crippen LogP contribution in [0.15, 0.2) is 0 Å². The maximum atomic E-state index is 11.3. The van der Waals surface area contributed by atoms with Gasteiger partial charge in [-0.3, -0.25) is 4.79 Å². The molecule has 0 bridgehead atoms. The molecule has 0 aromatic rings. The number of hydrogen-bond donors (Lipinski definition) is 2. The third-order valence-corrected chi connectivity index (χ3v) is 3.39. The Morgan fingerprint density at radius 2 is 2.27 bits per heavy atom. The highest BCUT2D eigenvalue weighted by molar-refractivity contribution is 7.99. The molecule has 1 aliphatic carbocycles. The second kappa shape index (κ2) is 7.12. The van der Waals surface area contributed by atoms with Crippen LogP contribution in [-0.2, 0) is 4.79 Å². The smallest absolute Gasteiger partial charge is 0.234 e. The first kappa shape index (κ1) is 12.8. The third-order valence-electron chi connectivity index (χ3n) is 2.45. The van der Waals surface area contributed by atoms with Crippen molar-refractivity contribution in [3.05, 3.63) is 0 Å². The van der Waals surface area contributed by atoms with Gasteiger partial charge in [0.15, 0.2) is 0 Å². The number of carbonyl (C=O) groups excluding carboxylic acids is 1. The first-order chi connectivity index (χ1) is 7.22. The molecule has 1 rings (SSSR count). The zero-order chi connectivity index (χ0) is 11.1. The average molecular weight is 230 g/mol. The number of nitrogens with one attached hydrogen (secondary N) is 2. The molecule has 1 unspecified atom stereocenters. The SMILES string of the molecule is CCSCCC(C)NCC(=O)NC1CC1. The molecular weight excluding hydrogens is 208 g/mol. The summed E-state index contributed by atoms with van der Waals surface area (Å²) in [7, 11) is 0. The Morgan fingerprint density at radius 1 is 1.53 bits per heavy atom. The molecular formula is C11H22N2OS. The Bertz CT molecular complexity index is 195. The van der Waals surface area contributed by atoms with Crippen LogP contribution in [0.25, 0.3) is 0 Å². The van der Waals surface area contributed by atoms with Gasteiger partial charge < -0.3 is 10.6 Å². The Hall–Kier alpha value is -0.220. The summed E-state index contributed by atoms with van der Waals surface area (Å²) in [5.41, 5.74) is 0. The Labute approximate surface area is 96.8 Å². The molecule has 0 aliphatic heterocycles. The van der Waals surface area contributed by atoms with E-state index >= 15 is 0 Å². The summed E-state index contributed by atoms with van der Waals surface area (Å²) in [5.74, 6) is 2.50. The van der Waals surface area contributed by atoms with E-state index in [1.165, 1.54) is 11.5 Å². The summed E-state index contributed by atoms with van der Waals surface area (Å²) in [6.07, 6.45) is 3.46. The Morgan fingerprint density at radius 3 is 2.87 bits per heavy atom. The van der Waals surface area contributed by atoms with Crippen LogP contribution < -0.4 is 10.6 Å². The van der Waals surface area contributed by atoms with Crippen LogP contribution in [0, 0.1) is 0 Å². The monoisotopic (exact) mass is 230 g/mol. The van der Waals surface area contributed by atoms with E-state index in [1.54, 1.807) is 0 Å². The summed E-state index contributed by atoms with van der Waals surface area (Å²) < 4.78 is 0. The first-order valence-corrected chi connectivity index (χ1v) is 6.98. The summed E-state index contributed by atoms with van der Waals surface area (Å²) >= 11 is 1.95. The summed E-state index contributed by atoms with van der Waals surface area (Å²) in [5, 5.41) is 6.22. The fraction of sp³-hybridized carbons (Fsp3) is 0.909. The summed E-state index contributed by atoms with van der Waals surface area (Å²) in [4.78, 5) is 11.3. The van der Waals surface area contributed by atoms with Crippen LogP contribution in [0.2, 0.25) is 0 Å². The molecule has 1 aliphatic rings. The van der Waals surface area contributed by atoms with Crippen molar-refractivity contribution in [3.8, 4) is 0 Å². The molecule has 0 radical (unpaired) electrons. The zero-order valence-corrected chi connectivity index (χ0v) is 10.5. The molecule has 0 spiro atoms. The molecule has 88 valence electrons. The highest BCUT2D eigenvalue weighted by Gasteiger charge is 2.22. The molecule has 1 saturated carbocycles. The van der Waals surface area contributed by atoms with Crippen LogP contribution in [-0.4, -0.2) is 36.0 Å². The molecule has 1 fully saturated rings. The molecule has 0 saturated heterocycles. The van der Waals surface area contributed by atoms with Crippen LogP contribution in [0.4, 0.5) is 0 Å². The normalized spacial score (nSPS) is 17.5. The van der Waals surface area contributed by atoms with Crippen molar-refractivity contribution in [1.29, 1.82) is 0 Å². The first-order valence-electron chi connectivity index (χ1n) is 5.83. The van der Waals surface area contributed by atoms with Crippen LogP contribution in [0.5, 0.6) is 0 Å². The molecule has 2 N–H and O–H groups in total. The van der Waals surface area contributed by atoms with Crippen molar-refractivity contribution >= 4 is 17.7 Å². The lowest BCUT2D eigenvalue weighted by molar-refractivity contribution is -0.120. The number of thioether (sulfide) groups is 1. The zero-order valence-electron chi connectivity index (χ0n) is 9.71. The van der Waals surface area contributed by atoms with Crippen LogP contribution in [0.3, 0.4) is 0 Å². The molecule has 0 heterocycles. The van der Waals surface area contributed by atoms with Gasteiger partial charge in [0.05, 0.1) is 6.54 Å². The third kappa shape index (κ3) is 6.79. The molecule has 3 nitrogen and oxygen atoms in total.